The van der Waals surface area contributed by atoms with Crippen molar-refractivity contribution in [2.24, 2.45) is 5.84 Å². The lowest BCUT2D eigenvalue weighted by molar-refractivity contribution is 0.346. The van der Waals surface area contributed by atoms with Gasteiger partial charge in [0, 0.05) is 32.1 Å². The Labute approximate surface area is 127 Å². The molecule has 2 rings (SSSR count). The summed E-state index contributed by atoms with van der Waals surface area (Å²) in [7, 11) is 2.10. The topological polar surface area (TPSA) is 70.3 Å². The van der Waals surface area contributed by atoms with Gasteiger partial charge >= 0.3 is 0 Å². The molecule has 0 radical (unpaired) electrons. The summed E-state index contributed by atoms with van der Waals surface area (Å²) in [6.07, 6.45) is 4.57. The molecule has 0 saturated carbocycles. The van der Waals surface area contributed by atoms with E-state index < -0.39 is 0 Å². The third kappa shape index (κ3) is 4.04. The zero-order valence-electron chi connectivity index (χ0n) is 13.5. The molecular formula is C15H28N6. The van der Waals surface area contributed by atoms with Crippen LogP contribution in [0.4, 0.5) is 11.6 Å². The first-order valence-electron chi connectivity index (χ1n) is 7.93. The molecule has 0 aliphatic carbocycles. The van der Waals surface area contributed by atoms with Gasteiger partial charge in [-0.2, -0.15) is 0 Å². The van der Waals surface area contributed by atoms with Gasteiger partial charge in [-0.1, -0.05) is 6.92 Å². The number of likely N-dealkylation sites (tertiary alicyclic amines) is 1. The predicted molar refractivity (Wildman–Crippen MR) is 87.5 cm³/mol. The van der Waals surface area contributed by atoms with E-state index in [0.717, 1.165) is 49.0 Å². The molecule has 1 fully saturated rings. The standard InChI is InChI=1S/C15H28N6/c1-4-7-13-17-14(19-16)12(2)15(18-13)20(3)10-11-21-8-5-6-9-21/h4-11,16H2,1-3H3,(H,17,18,19). The molecule has 3 N–H and O–H groups in total. The van der Waals surface area contributed by atoms with Crippen molar-refractivity contribution in [3.8, 4) is 0 Å². The average molecular weight is 292 g/mol. The molecule has 1 aromatic heterocycles. The molecule has 1 saturated heterocycles. The third-order valence-corrected chi connectivity index (χ3v) is 4.09. The maximum atomic E-state index is 5.59. The predicted octanol–water partition coefficient (Wildman–Crippen LogP) is 1.56. The zero-order valence-corrected chi connectivity index (χ0v) is 13.5. The van der Waals surface area contributed by atoms with E-state index in [-0.39, 0.29) is 0 Å². The fourth-order valence-corrected chi connectivity index (χ4v) is 2.80. The summed E-state index contributed by atoms with van der Waals surface area (Å²) in [5.74, 6) is 8.17. The molecule has 2 heterocycles. The van der Waals surface area contributed by atoms with Gasteiger partial charge in [0.25, 0.3) is 0 Å². The van der Waals surface area contributed by atoms with Crippen molar-refractivity contribution in [3.05, 3.63) is 11.4 Å². The highest BCUT2D eigenvalue weighted by Gasteiger charge is 2.16. The maximum absolute atomic E-state index is 5.59. The van der Waals surface area contributed by atoms with E-state index >= 15 is 0 Å². The van der Waals surface area contributed by atoms with Gasteiger partial charge in [0.15, 0.2) is 0 Å². The molecule has 21 heavy (non-hydrogen) atoms. The molecule has 6 nitrogen and oxygen atoms in total. The van der Waals surface area contributed by atoms with Crippen LogP contribution in [0, 0.1) is 6.92 Å². The van der Waals surface area contributed by atoms with Crippen LogP contribution in [0.15, 0.2) is 0 Å². The number of hydrazine groups is 1. The number of anilines is 2. The van der Waals surface area contributed by atoms with Gasteiger partial charge in [-0.05, 0) is 39.3 Å². The Morgan fingerprint density at radius 1 is 1.29 bits per heavy atom. The Kier molecular flexibility index (Phi) is 5.76. The summed E-state index contributed by atoms with van der Waals surface area (Å²) < 4.78 is 0. The molecule has 118 valence electrons. The number of nitrogens with two attached hydrogens (primary N) is 1. The molecule has 0 spiro atoms. The summed E-state index contributed by atoms with van der Waals surface area (Å²) >= 11 is 0. The number of nitrogen functional groups attached to an aromatic ring is 1. The molecule has 1 aromatic rings. The van der Waals surface area contributed by atoms with Gasteiger partial charge in [0.05, 0.1) is 0 Å². The van der Waals surface area contributed by atoms with E-state index in [2.05, 4.69) is 34.2 Å². The van der Waals surface area contributed by atoms with Gasteiger partial charge in [-0.3, -0.25) is 0 Å². The molecule has 0 aromatic carbocycles. The van der Waals surface area contributed by atoms with E-state index in [1.54, 1.807) is 0 Å². The second-order valence-corrected chi connectivity index (χ2v) is 5.80. The van der Waals surface area contributed by atoms with Crippen molar-refractivity contribution < 1.29 is 0 Å². The number of nitrogens with one attached hydrogen (secondary N) is 1. The van der Waals surface area contributed by atoms with Crippen LogP contribution in [0.3, 0.4) is 0 Å². The number of hydrogen-bond donors (Lipinski definition) is 2. The second-order valence-electron chi connectivity index (χ2n) is 5.80. The summed E-state index contributed by atoms with van der Waals surface area (Å²) in [5, 5.41) is 0. The first kappa shape index (κ1) is 16.0. The lowest BCUT2D eigenvalue weighted by Crippen LogP contribution is -2.32. The number of aromatic nitrogens is 2. The van der Waals surface area contributed by atoms with Crippen molar-refractivity contribution in [1.82, 2.24) is 14.9 Å². The van der Waals surface area contributed by atoms with E-state index in [1.807, 2.05) is 6.92 Å². The van der Waals surface area contributed by atoms with Gasteiger partial charge in [-0.25, -0.2) is 15.8 Å². The Hall–Kier alpha value is -1.40. The van der Waals surface area contributed by atoms with Crippen molar-refractivity contribution in [3.63, 3.8) is 0 Å². The number of aryl methyl sites for hydroxylation is 1. The molecule has 1 aliphatic heterocycles. The summed E-state index contributed by atoms with van der Waals surface area (Å²) in [6.45, 7) is 8.69. The van der Waals surface area contributed by atoms with Crippen molar-refractivity contribution in [2.75, 3.05) is 43.6 Å². The molecule has 0 atom stereocenters. The number of nitrogens with zero attached hydrogens (tertiary/aromatic N) is 4. The fourth-order valence-electron chi connectivity index (χ4n) is 2.80. The van der Waals surface area contributed by atoms with Crippen molar-refractivity contribution in [1.29, 1.82) is 0 Å². The quantitative estimate of drug-likeness (QED) is 0.587. The monoisotopic (exact) mass is 292 g/mol. The van der Waals surface area contributed by atoms with Crippen LogP contribution >= 0.6 is 0 Å². The first-order chi connectivity index (χ1) is 10.2. The van der Waals surface area contributed by atoms with Crippen LogP contribution in [0.25, 0.3) is 0 Å². The molecule has 1 aliphatic rings. The Balaban J connectivity index is 2.09. The lowest BCUT2D eigenvalue weighted by Gasteiger charge is -2.24. The van der Waals surface area contributed by atoms with Gasteiger partial charge in [0.1, 0.15) is 17.5 Å². The van der Waals surface area contributed by atoms with Crippen LogP contribution in [0.2, 0.25) is 0 Å². The van der Waals surface area contributed by atoms with Crippen LogP contribution in [-0.4, -0.2) is 48.1 Å². The summed E-state index contributed by atoms with van der Waals surface area (Å²) in [4.78, 5) is 13.9. The summed E-state index contributed by atoms with van der Waals surface area (Å²) in [5.41, 5.74) is 3.71. The van der Waals surface area contributed by atoms with Crippen LogP contribution in [0.1, 0.15) is 37.6 Å². The second kappa shape index (κ2) is 7.56. The first-order valence-corrected chi connectivity index (χ1v) is 7.93. The highest BCUT2D eigenvalue weighted by molar-refractivity contribution is 5.57. The molecule has 0 bridgehead atoms. The van der Waals surface area contributed by atoms with Crippen LogP contribution in [0.5, 0.6) is 0 Å². The SMILES string of the molecule is CCCc1nc(NN)c(C)c(N(C)CCN2CCCC2)n1. The minimum absolute atomic E-state index is 0.733. The van der Waals surface area contributed by atoms with Crippen molar-refractivity contribution >= 4 is 11.6 Å². The van der Waals surface area contributed by atoms with E-state index in [1.165, 1.54) is 25.9 Å². The minimum atomic E-state index is 0.733. The largest absolute Gasteiger partial charge is 0.358 e. The van der Waals surface area contributed by atoms with Gasteiger partial charge < -0.3 is 15.2 Å². The highest BCUT2D eigenvalue weighted by atomic mass is 15.3. The van der Waals surface area contributed by atoms with Crippen LogP contribution < -0.4 is 16.2 Å². The van der Waals surface area contributed by atoms with Crippen LogP contribution in [-0.2, 0) is 6.42 Å². The van der Waals surface area contributed by atoms with Crippen molar-refractivity contribution in [2.45, 2.75) is 39.5 Å². The lowest BCUT2D eigenvalue weighted by atomic mass is 10.2. The van der Waals surface area contributed by atoms with E-state index in [0.29, 0.717) is 0 Å². The Morgan fingerprint density at radius 2 is 2.00 bits per heavy atom. The smallest absolute Gasteiger partial charge is 0.148 e. The van der Waals surface area contributed by atoms with E-state index in [9.17, 15) is 0 Å². The van der Waals surface area contributed by atoms with Gasteiger partial charge in [0.2, 0.25) is 0 Å². The normalized spacial score (nSPS) is 15.4. The molecular weight excluding hydrogens is 264 g/mol. The zero-order chi connectivity index (χ0) is 15.2. The third-order valence-electron chi connectivity index (χ3n) is 4.09. The highest BCUT2D eigenvalue weighted by Crippen LogP contribution is 2.22. The molecule has 0 unspecified atom stereocenters. The van der Waals surface area contributed by atoms with Gasteiger partial charge in [-0.15, -0.1) is 0 Å². The Morgan fingerprint density at radius 3 is 2.62 bits per heavy atom. The average Bonchev–Trinajstić information content (AvgIpc) is 3.00. The number of rotatable bonds is 7. The molecule has 0 amide bonds. The number of likely N-dealkylation sites (N-methyl/N-ethyl adjacent to an activating group) is 1. The van der Waals surface area contributed by atoms with E-state index in [4.69, 9.17) is 10.8 Å². The maximum Gasteiger partial charge on any atom is 0.148 e. The summed E-state index contributed by atoms with van der Waals surface area (Å²) in [6, 6.07) is 0. The molecule has 6 heteroatoms. The number of hydrogen-bond acceptors (Lipinski definition) is 6. The Bertz CT molecular complexity index is 456. The minimum Gasteiger partial charge on any atom is -0.358 e. The fraction of sp³-hybridized carbons (Fsp3) is 0.733.